The first-order chi connectivity index (χ1) is 16.5. The number of ether oxygens (including phenoxy) is 1. The molecule has 5 rings (SSSR count). The van der Waals surface area contributed by atoms with E-state index in [1.54, 1.807) is 6.20 Å². The van der Waals surface area contributed by atoms with Crippen molar-refractivity contribution in [1.29, 1.82) is 0 Å². The monoisotopic (exact) mass is 522 g/mol. The molecule has 1 aliphatic heterocycles. The first kappa shape index (κ1) is 22.6. The maximum atomic E-state index is 12.7. The molecule has 2 aromatic heterocycles. The first-order valence-electron chi connectivity index (χ1n) is 11.5. The van der Waals surface area contributed by atoms with Crippen LogP contribution >= 0.6 is 15.9 Å². The molecule has 1 atom stereocenters. The number of halogens is 1. The Balaban J connectivity index is 1.38. The minimum absolute atomic E-state index is 0.0469. The Morgan fingerprint density at radius 1 is 1.18 bits per heavy atom. The van der Waals surface area contributed by atoms with Crippen molar-refractivity contribution in [2.75, 3.05) is 30.8 Å². The zero-order chi connectivity index (χ0) is 23.5. The summed E-state index contributed by atoms with van der Waals surface area (Å²) < 4.78 is 6.72. The van der Waals surface area contributed by atoms with Crippen LogP contribution in [0.3, 0.4) is 0 Å². The van der Waals surface area contributed by atoms with E-state index in [-0.39, 0.29) is 11.7 Å². The summed E-state index contributed by atoms with van der Waals surface area (Å²) in [6, 6.07) is 10.1. The van der Waals surface area contributed by atoms with Crippen LogP contribution in [-0.4, -0.2) is 52.1 Å². The third-order valence-corrected chi connectivity index (χ3v) is 6.70. The molecule has 3 N–H and O–H groups in total. The van der Waals surface area contributed by atoms with Crippen LogP contribution in [0.5, 0.6) is 5.75 Å². The molecule has 2 aliphatic rings. The van der Waals surface area contributed by atoms with Gasteiger partial charge in [-0.1, -0.05) is 24.3 Å². The van der Waals surface area contributed by atoms with Crippen LogP contribution in [0.1, 0.15) is 19.3 Å². The molecule has 1 aromatic carbocycles. The van der Waals surface area contributed by atoms with E-state index in [1.807, 2.05) is 42.5 Å². The molecule has 3 aromatic rings. The highest BCUT2D eigenvalue weighted by Crippen LogP contribution is 2.27. The second-order valence-corrected chi connectivity index (χ2v) is 9.51. The van der Waals surface area contributed by atoms with Crippen molar-refractivity contribution in [3.63, 3.8) is 0 Å². The minimum atomic E-state index is -0.239. The van der Waals surface area contributed by atoms with Crippen molar-refractivity contribution in [2.45, 2.75) is 31.4 Å². The third kappa shape index (κ3) is 5.15. The van der Waals surface area contributed by atoms with E-state index in [0.29, 0.717) is 39.6 Å². The Hall–Kier alpha value is -3.17. The largest absolute Gasteiger partial charge is 0.486 e. The van der Waals surface area contributed by atoms with Crippen LogP contribution < -0.4 is 20.9 Å². The van der Waals surface area contributed by atoms with Crippen molar-refractivity contribution in [1.82, 2.24) is 19.9 Å². The maximum Gasteiger partial charge on any atom is 0.261 e. The fourth-order valence-corrected chi connectivity index (χ4v) is 4.60. The Kier molecular flexibility index (Phi) is 6.64. The summed E-state index contributed by atoms with van der Waals surface area (Å²) in [5.41, 5.74) is 1.19. The van der Waals surface area contributed by atoms with Crippen LogP contribution in [-0.2, 0) is 0 Å². The van der Waals surface area contributed by atoms with E-state index >= 15 is 0 Å². The van der Waals surface area contributed by atoms with Gasteiger partial charge in [-0.25, -0.2) is 4.98 Å². The number of para-hydroxylation sites is 1. The van der Waals surface area contributed by atoms with Crippen molar-refractivity contribution in [3.05, 3.63) is 75.3 Å². The average Bonchev–Trinajstić information content (AvgIpc) is 2.85. The third-order valence-electron chi connectivity index (χ3n) is 6.10. The van der Waals surface area contributed by atoms with Gasteiger partial charge < -0.3 is 25.3 Å². The van der Waals surface area contributed by atoms with Gasteiger partial charge in [-0.3, -0.25) is 4.79 Å². The second-order valence-electron chi connectivity index (χ2n) is 8.66. The molecular weight excluding hydrogens is 496 g/mol. The van der Waals surface area contributed by atoms with Gasteiger partial charge in [0.15, 0.2) is 0 Å². The van der Waals surface area contributed by atoms with Gasteiger partial charge in [0.25, 0.3) is 5.56 Å². The van der Waals surface area contributed by atoms with E-state index in [9.17, 15) is 4.79 Å². The molecule has 0 spiro atoms. The van der Waals surface area contributed by atoms with Crippen molar-refractivity contribution < 1.29 is 4.74 Å². The van der Waals surface area contributed by atoms with Crippen molar-refractivity contribution in [3.8, 4) is 5.75 Å². The number of aromatic nitrogens is 3. The smallest absolute Gasteiger partial charge is 0.261 e. The Labute approximate surface area is 206 Å². The van der Waals surface area contributed by atoms with Gasteiger partial charge in [0, 0.05) is 24.4 Å². The Morgan fingerprint density at radius 2 is 1.97 bits per heavy atom. The number of fused-ring (bicyclic) bond motifs is 1. The summed E-state index contributed by atoms with van der Waals surface area (Å²) in [5, 5.41) is 7.23. The predicted octanol–water partition coefficient (Wildman–Crippen LogP) is 4.29. The molecule has 34 heavy (non-hydrogen) atoms. The number of pyridine rings is 1. The molecule has 176 valence electrons. The van der Waals surface area contributed by atoms with Gasteiger partial charge in [0.2, 0.25) is 5.95 Å². The fraction of sp³-hybridized carbons (Fsp3) is 0.320. The van der Waals surface area contributed by atoms with Gasteiger partial charge in [0.05, 0.1) is 9.99 Å². The zero-order valence-electron chi connectivity index (χ0n) is 18.9. The van der Waals surface area contributed by atoms with Crippen LogP contribution in [0, 0.1) is 0 Å². The molecule has 0 radical (unpaired) electrons. The number of nitrogens with one attached hydrogen (secondary N) is 3. The normalized spacial score (nSPS) is 19.1. The molecule has 0 saturated carbocycles. The molecular formula is C25H27BrN6O2. The molecule has 0 amide bonds. The van der Waals surface area contributed by atoms with Crippen molar-refractivity contribution >= 4 is 38.6 Å². The van der Waals surface area contributed by atoms with Crippen molar-refractivity contribution in [2.24, 2.45) is 0 Å². The Morgan fingerprint density at radius 3 is 2.71 bits per heavy atom. The number of likely N-dealkylation sites (tertiary alicyclic amines) is 1. The number of anilines is 2. The summed E-state index contributed by atoms with van der Waals surface area (Å²) >= 11 is 3.53. The zero-order valence-corrected chi connectivity index (χ0v) is 20.5. The summed E-state index contributed by atoms with van der Waals surface area (Å²) in [7, 11) is 2.13. The molecule has 3 heterocycles. The van der Waals surface area contributed by atoms with Gasteiger partial charge in [-0.2, -0.15) is 4.98 Å². The van der Waals surface area contributed by atoms with Gasteiger partial charge >= 0.3 is 0 Å². The summed E-state index contributed by atoms with van der Waals surface area (Å²) in [6.45, 7) is 2.06. The highest BCUT2D eigenvalue weighted by molar-refractivity contribution is 9.10. The molecule has 8 nitrogen and oxygen atoms in total. The molecule has 1 fully saturated rings. The number of allylic oxidation sites excluding steroid dienone is 1. The van der Waals surface area contributed by atoms with E-state index in [4.69, 9.17) is 9.72 Å². The number of nitrogens with zero attached hydrogens (tertiary/aromatic N) is 3. The van der Waals surface area contributed by atoms with Crippen LogP contribution in [0.25, 0.3) is 10.9 Å². The number of aromatic amines is 1. The molecule has 1 saturated heterocycles. The lowest BCUT2D eigenvalue weighted by molar-refractivity contribution is 0.251. The number of piperidine rings is 1. The van der Waals surface area contributed by atoms with Crippen LogP contribution in [0.15, 0.2) is 69.7 Å². The number of hydrogen-bond donors (Lipinski definition) is 3. The van der Waals surface area contributed by atoms with E-state index in [0.717, 1.165) is 37.4 Å². The lowest BCUT2D eigenvalue weighted by Crippen LogP contribution is -2.37. The molecule has 1 unspecified atom stereocenters. The average molecular weight is 523 g/mol. The number of rotatable bonds is 6. The SMILES string of the molecule is CN1CCC(Nc2nc(NC3=CCC(Oc4ccccc4)C=C3)c3c(=O)[nH]cc(Br)c3n2)CC1. The lowest BCUT2D eigenvalue weighted by atomic mass is 10.1. The van der Waals surface area contributed by atoms with Gasteiger partial charge in [-0.05, 0) is 73.2 Å². The number of benzene rings is 1. The molecule has 9 heteroatoms. The molecule has 0 bridgehead atoms. The first-order valence-corrected chi connectivity index (χ1v) is 12.3. The second kappa shape index (κ2) is 9.99. The highest BCUT2D eigenvalue weighted by atomic mass is 79.9. The molecule has 1 aliphatic carbocycles. The quantitative estimate of drug-likeness (QED) is 0.444. The number of hydrogen-bond acceptors (Lipinski definition) is 7. The Bertz CT molecular complexity index is 1280. The van der Waals surface area contributed by atoms with Crippen LogP contribution in [0.4, 0.5) is 11.8 Å². The minimum Gasteiger partial charge on any atom is -0.486 e. The van der Waals surface area contributed by atoms with Gasteiger partial charge in [0.1, 0.15) is 23.1 Å². The summed E-state index contributed by atoms with van der Waals surface area (Å²) in [5.74, 6) is 1.83. The predicted molar refractivity (Wildman–Crippen MR) is 138 cm³/mol. The highest BCUT2D eigenvalue weighted by Gasteiger charge is 2.20. The summed E-state index contributed by atoms with van der Waals surface area (Å²) in [4.78, 5) is 27.1. The summed E-state index contributed by atoms with van der Waals surface area (Å²) in [6.07, 6.45) is 10.3. The van der Waals surface area contributed by atoms with E-state index in [1.165, 1.54) is 0 Å². The number of H-pyrrole nitrogens is 1. The van der Waals surface area contributed by atoms with Gasteiger partial charge in [-0.15, -0.1) is 0 Å². The fourth-order valence-electron chi connectivity index (χ4n) is 4.20. The topological polar surface area (TPSA) is 95.2 Å². The van der Waals surface area contributed by atoms with E-state index < -0.39 is 0 Å². The van der Waals surface area contributed by atoms with E-state index in [2.05, 4.69) is 54.6 Å². The maximum absolute atomic E-state index is 12.7. The lowest BCUT2D eigenvalue weighted by Gasteiger charge is -2.29. The van der Waals surface area contributed by atoms with Crippen LogP contribution in [0.2, 0.25) is 0 Å². The standard InChI is InChI=1S/C25H27BrN6O2/c1-32-13-11-17(12-14-32)29-25-30-22-20(26)15-27-24(33)21(22)23(31-25)28-16-7-9-19(10-8-16)34-18-5-3-2-4-6-18/h2-9,15,17,19H,10-14H2,1H3,(H,27,33)(H2,28,29,30,31).